The highest BCUT2D eigenvalue weighted by atomic mass is 16.5. The van der Waals surface area contributed by atoms with Crippen molar-refractivity contribution in [2.75, 3.05) is 32.2 Å². The summed E-state index contributed by atoms with van der Waals surface area (Å²) in [5, 5.41) is 11.5. The molecular formula is C38H49N2O4+. The van der Waals surface area contributed by atoms with E-state index >= 15 is 0 Å². The Morgan fingerprint density at radius 1 is 0.864 bits per heavy atom. The number of anilines is 1. The van der Waals surface area contributed by atoms with Gasteiger partial charge in [0.1, 0.15) is 18.1 Å². The molecule has 1 aliphatic carbocycles. The molecule has 2 aliphatic heterocycles. The number of fused-ring (bicyclic) bond motifs is 2. The minimum Gasteiger partial charge on any atom is -0.506 e. The molecule has 0 amide bonds. The number of Topliss-reactive ketones (excluding diaryl/α,β-unsaturated/α-hetero) is 1. The van der Waals surface area contributed by atoms with Crippen molar-refractivity contribution in [3.8, 4) is 11.5 Å². The van der Waals surface area contributed by atoms with Crippen LogP contribution in [0.1, 0.15) is 79.4 Å². The lowest BCUT2D eigenvalue weighted by Crippen LogP contribution is -2.32. The van der Waals surface area contributed by atoms with Gasteiger partial charge in [-0.25, -0.2) is 0 Å². The van der Waals surface area contributed by atoms with Crippen molar-refractivity contribution in [3.05, 3.63) is 82.3 Å². The number of aliphatic hydroxyl groups excluding tert-OH is 1. The van der Waals surface area contributed by atoms with Gasteiger partial charge in [0.05, 0.1) is 36.5 Å². The van der Waals surface area contributed by atoms with Crippen LogP contribution in [-0.2, 0) is 15.6 Å². The van der Waals surface area contributed by atoms with E-state index in [0.29, 0.717) is 23.0 Å². The second kappa shape index (κ2) is 11.6. The van der Waals surface area contributed by atoms with Crippen molar-refractivity contribution in [1.29, 1.82) is 0 Å². The number of para-hydroxylation sites is 2. The van der Waals surface area contributed by atoms with Crippen molar-refractivity contribution in [2.45, 2.75) is 79.1 Å². The minimum absolute atomic E-state index is 0.0556. The monoisotopic (exact) mass is 597 g/mol. The Labute approximate surface area is 263 Å². The van der Waals surface area contributed by atoms with E-state index in [1.807, 2.05) is 36.4 Å². The van der Waals surface area contributed by atoms with E-state index in [-0.39, 0.29) is 22.4 Å². The molecule has 0 radical (unpaired) electrons. The zero-order valence-electron chi connectivity index (χ0n) is 28.2. The van der Waals surface area contributed by atoms with Gasteiger partial charge in [-0.1, -0.05) is 65.8 Å². The summed E-state index contributed by atoms with van der Waals surface area (Å²) in [5.41, 5.74) is 6.38. The molecule has 5 rings (SSSR count). The van der Waals surface area contributed by atoms with Crippen LogP contribution in [0.4, 0.5) is 11.4 Å². The molecule has 0 unspecified atom stereocenters. The summed E-state index contributed by atoms with van der Waals surface area (Å²) in [6, 6.07) is 12.3. The van der Waals surface area contributed by atoms with Crippen molar-refractivity contribution in [1.82, 2.24) is 0 Å². The molecule has 0 atom stereocenters. The first-order chi connectivity index (χ1) is 20.7. The quantitative estimate of drug-likeness (QED) is 0.221. The first kappa shape index (κ1) is 31.6. The normalized spacial score (nSPS) is 20.3. The van der Waals surface area contributed by atoms with Crippen molar-refractivity contribution < 1.29 is 24.0 Å². The molecule has 6 heteroatoms. The summed E-state index contributed by atoms with van der Waals surface area (Å²) in [6.45, 7) is 19.2. The third kappa shape index (κ3) is 5.06. The number of rotatable bonds is 10. The van der Waals surface area contributed by atoms with Gasteiger partial charge in [0.2, 0.25) is 5.78 Å². The lowest BCUT2D eigenvalue weighted by atomic mass is 9.77. The SMILES string of the molecule is COc1cccc2c1N(CCC(C)C)/C(=C\C1=C(O)C(=C\C3=[N+](CCC(C)C)c4c(OC)cccc4C3(C)C)/C1=O)C2(C)C. The number of hydrogen-bond donors (Lipinski definition) is 1. The Morgan fingerprint density at radius 2 is 1.48 bits per heavy atom. The van der Waals surface area contributed by atoms with E-state index in [0.717, 1.165) is 71.3 Å². The fraction of sp³-hybridized carbons (Fsp3) is 0.474. The number of carbonyl (C=O) groups is 1. The van der Waals surface area contributed by atoms with Crippen LogP contribution in [0.15, 0.2) is 71.2 Å². The van der Waals surface area contributed by atoms with E-state index in [4.69, 9.17) is 9.47 Å². The number of ketones is 1. The van der Waals surface area contributed by atoms with E-state index < -0.39 is 0 Å². The summed E-state index contributed by atoms with van der Waals surface area (Å²) in [7, 11) is 3.40. The average molecular weight is 598 g/mol. The second-order valence-corrected chi connectivity index (χ2v) is 14.2. The summed E-state index contributed by atoms with van der Waals surface area (Å²) in [4.78, 5) is 16.2. The second-order valence-electron chi connectivity index (χ2n) is 14.2. The fourth-order valence-corrected chi connectivity index (χ4v) is 6.87. The molecule has 6 nitrogen and oxygen atoms in total. The third-order valence-electron chi connectivity index (χ3n) is 9.61. The Bertz CT molecular complexity index is 1620. The fourth-order valence-electron chi connectivity index (χ4n) is 6.87. The van der Waals surface area contributed by atoms with Gasteiger partial charge in [-0.3, -0.25) is 4.79 Å². The van der Waals surface area contributed by atoms with E-state index in [1.54, 1.807) is 14.2 Å². The van der Waals surface area contributed by atoms with Crippen LogP contribution in [0, 0.1) is 11.8 Å². The maximum absolute atomic E-state index is 13.9. The third-order valence-corrected chi connectivity index (χ3v) is 9.61. The van der Waals surface area contributed by atoms with Gasteiger partial charge in [-0.2, -0.15) is 4.58 Å². The van der Waals surface area contributed by atoms with Crippen LogP contribution in [0.3, 0.4) is 0 Å². The Morgan fingerprint density at radius 3 is 2.07 bits per heavy atom. The number of aliphatic hydroxyl groups is 1. The molecule has 0 aromatic heterocycles. The van der Waals surface area contributed by atoms with Crippen molar-refractivity contribution in [2.24, 2.45) is 11.8 Å². The molecule has 0 saturated carbocycles. The number of carbonyl (C=O) groups excluding carboxylic acids is 1. The zero-order valence-corrected chi connectivity index (χ0v) is 28.2. The maximum Gasteiger partial charge on any atom is 0.252 e. The zero-order chi connectivity index (χ0) is 32.1. The molecule has 0 fully saturated rings. The van der Waals surface area contributed by atoms with Crippen LogP contribution in [0.25, 0.3) is 0 Å². The van der Waals surface area contributed by atoms with Gasteiger partial charge in [-0.05, 0) is 55.9 Å². The molecule has 2 heterocycles. The van der Waals surface area contributed by atoms with Crippen LogP contribution in [0.2, 0.25) is 0 Å². The molecule has 44 heavy (non-hydrogen) atoms. The predicted molar refractivity (Wildman–Crippen MR) is 179 cm³/mol. The number of nitrogens with zero attached hydrogens (tertiary/aromatic N) is 2. The molecule has 2 aromatic rings. The molecule has 234 valence electrons. The van der Waals surface area contributed by atoms with Crippen LogP contribution >= 0.6 is 0 Å². The van der Waals surface area contributed by atoms with Crippen LogP contribution < -0.4 is 14.4 Å². The average Bonchev–Trinajstić information content (AvgIpc) is 3.34. The van der Waals surface area contributed by atoms with Gasteiger partial charge < -0.3 is 19.5 Å². The molecular weight excluding hydrogens is 548 g/mol. The smallest absolute Gasteiger partial charge is 0.252 e. The van der Waals surface area contributed by atoms with Crippen molar-refractivity contribution >= 4 is 22.9 Å². The maximum atomic E-state index is 13.9. The van der Waals surface area contributed by atoms with Crippen LogP contribution in [-0.4, -0.2) is 48.5 Å². The number of benzene rings is 2. The van der Waals surface area contributed by atoms with E-state index in [9.17, 15) is 9.90 Å². The summed E-state index contributed by atoms with van der Waals surface area (Å²) in [6.07, 6.45) is 5.79. The number of ether oxygens (including phenoxy) is 2. The topological polar surface area (TPSA) is 62.0 Å². The molecule has 3 aliphatic rings. The summed E-state index contributed by atoms with van der Waals surface area (Å²) < 4.78 is 13.9. The Hall–Kier alpha value is -3.80. The highest BCUT2D eigenvalue weighted by Gasteiger charge is 2.49. The standard InChI is InChI=1S/C38H48N2O4/c1-23(2)17-19-39-31(37(5,6)27-13-11-15-29(43-9)33(27)39)21-25-35(41)26(36(25)42)22-32-38(7,8)28-14-12-16-30(44-10)34(28)40(32)20-18-24(3)4/h11-16,21-24H,17-20H2,1-10H3/p+1. The summed E-state index contributed by atoms with van der Waals surface area (Å²) in [5.74, 6) is 2.58. The molecule has 0 bridgehead atoms. The van der Waals surface area contributed by atoms with Crippen molar-refractivity contribution in [3.63, 3.8) is 0 Å². The highest BCUT2D eigenvalue weighted by Crippen LogP contribution is 2.53. The van der Waals surface area contributed by atoms with Gasteiger partial charge in [0.15, 0.2) is 11.5 Å². The molecule has 2 aromatic carbocycles. The molecule has 0 saturated heterocycles. The number of allylic oxidation sites excluding steroid dienone is 5. The number of methoxy groups -OCH3 is 2. The summed E-state index contributed by atoms with van der Waals surface area (Å²) >= 11 is 0. The van der Waals surface area contributed by atoms with E-state index in [2.05, 4.69) is 77.0 Å². The molecule has 0 spiro atoms. The first-order valence-corrected chi connectivity index (χ1v) is 15.9. The Kier molecular flexibility index (Phi) is 8.34. The largest absolute Gasteiger partial charge is 0.506 e. The minimum atomic E-state index is -0.373. The molecule has 1 N–H and O–H groups in total. The lowest BCUT2D eigenvalue weighted by molar-refractivity contribution is -0.440. The van der Waals surface area contributed by atoms with Gasteiger partial charge in [-0.15, -0.1) is 0 Å². The van der Waals surface area contributed by atoms with Gasteiger partial charge >= 0.3 is 0 Å². The van der Waals surface area contributed by atoms with Crippen LogP contribution in [0.5, 0.6) is 11.5 Å². The first-order valence-electron chi connectivity index (χ1n) is 15.9. The van der Waals surface area contributed by atoms with E-state index in [1.165, 1.54) is 0 Å². The van der Waals surface area contributed by atoms with Gasteiger partial charge in [0.25, 0.3) is 5.69 Å². The number of hydrogen-bond acceptors (Lipinski definition) is 5. The highest BCUT2D eigenvalue weighted by molar-refractivity contribution is 6.24. The Balaban J connectivity index is 1.61. The van der Waals surface area contributed by atoms with Gasteiger partial charge in [0, 0.05) is 35.7 Å². The lowest BCUT2D eigenvalue weighted by Gasteiger charge is -2.30. The predicted octanol–water partition coefficient (Wildman–Crippen LogP) is 8.18.